The van der Waals surface area contributed by atoms with Crippen LogP contribution in [0.3, 0.4) is 0 Å². The molecular weight excluding hydrogens is 208 g/mol. The van der Waals surface area contributed by atoms with E-state index in [1.165, 1.54) is 45.3 Å². The molecule has 0 saturated heterocycles. The van der Waals surface area contributed by atoms with Gasteiger partial charge in [0.05, 0.1) is 0 Å². The summed E-state index contributed by atoms with van der Waals surface area (Å²) in [4.78, 5) is 2.61. The molecule has 2 atom stereocenters. The predicted molar refractivity (Wildman–Crippen MR) is 78.6 cm³/mol. The fraction of sp³-hybridized carbons (Fsp3) is 1.00. The summed E-state index contributed by atoms with van der Waals surface area (Å²) in [5.41, 5.74) is 0. The lowest BCUT2D eigenvalue weighted by Crippen LogP contribution is -2.42. The van der Waals surface area contributed by atoms with Gasteiger partial charge in [-0.1, -0.05) is 47.5 Å². The van der Waals surface area contributed by atoms with Crippen molar-refractivity contribution in [2.75, 3.05) is 26.2 Å². The van der Waals surface area contributed by atoms with Crippen LogP contribution in [-0.2, 0) is 0 Å². The van der Waals surface area contributed by atoms with Crippen molar-refractivity contribution in [2.45, 2.75) is 66.3 Å². The molecule has 0 aromatic rings. The van der Waals surface area contributed by atoms with Crippen LogP contribution in [-0.4, -0.2) is 37.1 Å². The molecule has 0 radical (unpaired) electrons. The van der Waals surface area contributed by atoms with Gasteiger partial charge in [0, 0.05) is 19.1 Å². The van der Waals surface area contributed by atoms with E-state index in [0.717, 1.165) is 12.5 Å². The van der Waals surface area contributed by atoms with Gasteiger partial charge in [-0.3, -0.25) is 0 Å². The summed E-state index contributed by atoms with van der Waals surface area (Å²) < 4.78 is 0. The molecule has 0 aliphatic heterocycles. The van der Waals surface area contributed by atoms with Gasteiger partial charge >= 0.3 is 0 Å². The van der Waals surface area contributed by atoms with E-state index < -0.39 is 0 Å². The van der Waals surface area contributed by atoms with Gasteiger partial charge in [-0.05, 0) is 31.8 Å². The van der Waals surface area contributed by atoms with Crippen LogP contribution < -0.4 is 5.32 Å². The van der Waals surface area contributed by atoms with Crippen LogP contribution in [0, 0.1) is 5.92 Å². The van der Waals surface area contributed by atoms with Crippen LogP contribution in [0.5, 0.6) is 0 Å². The Morgan fingerprint density at radius 3 is 2.18 bits per heavy atom. The monoisotopic (exact) mass is 242 g/mol. The molecule has 0 saturated carbocycles. The van der Waals surface area contributed by atoms with Crippen molar-refractivity contribution in [3.63, 3.8) is 0 Å². The van der Waals surface area contributed by atoms with Crippen LogP contribution >= 0.6 is 0 Å². The Morgan fingerprint density at radius 2 is 1.71 bits per heavy atom. The van der Waals surface area contributed by atoms with Crippen molar-refractivity contribution >= 4 is 0 Å². The van der Waals surface area contributed by atoms with Crippen molar-refractivity contribution < 1.29 is 0 Å². The lowest BCUT2D eigenvalue weighted by atomic mass is 10.1. The molecule has 0 fully saturated rings. The quantitative estimate of drug-likeness (QED) is 0.596. The topological polar surface area (TPSA) is 15.3 Å². The summed E-state index contributed by atoms with van der Waals surface area (Å²) in [5.74, 6) is 0.823. The van der Waals surface area contributed by atoms with Crippen molar-refractivity contribution in [1.82, 2.24) is 10.2 Å². The molecule has 0 aromatic carbocycles. The second kappa shape index (κ2) is 11.0. The number of nitrogens with zero attached hydrogens (tertiary/aromatic N) is 1. The number of nitrogens with one attached hydrogen (secondary N) is 1. The zero-order valence-corrected chi connectivity index (χ0v) is 12.8. The van der Waals surface area contributed by atoms with Crippen molar-refractivity contribution in [3.8, 4) is 0 Å². The van der Waals surface area contributed by atoms with Crippen LogP contribution in [0.2, 0.25) is 0 Å². The second-order valence-corrected chi connectivity index (χ2v) is 5.31. The third-order valence-electron chi connectivity index (χ3n) is 3.51. The minimum absolute atomic E-state index is 0.684. The molecule has 104 valence electrons. The van der Waals surface area contributed by atoms with Gasteiger partial charge in [0.15, 0.2) is 0 Å². The van der Waals surface area contributed by atoms with Crippen LogP contribution in [0.15, 0.2) is 0 Å². The Kier molecular flexibility index (Phi) is 11.0. The average molecular weight is 242 g/mol. The van der Waals surface area contributed by atoms with Gasteiger partial charge in [0.2, 0.25) is 0 Å². The molecule has 0 aliphatic rings. The SMILES string of the molecule is CCCNC(CCC)CN(CC)CC(C)CC. The maximum absolute atomic E-state index is 3.68. The van der Waals surface area contributed by atoms with E-state index >= 15 is 0 Å². The zero-order valence-electron chi connectivity index (χ0n) is 12.8. The average Bonchev–Trinajstić information content (AvgIpc) is 2.34. The minimum atomic E-state index is 0.684. The van der Waals surface area contributed by atoms with Crippen molar-refractivity contribution in [2.24, 2.45) is 5.92 Å². The fourth-order valence-corrected chi connectivity index (χ4v) is 2.17. The van der Waals surface area contributed by atoms with Crippen LogP contribution in [0.4, 0.5) is 0 Å². The minimum Gasteiger partial charge on any atom is -0.313 e. The van der Waals surface area contributed by atoms with E-state index in [1.54, 1.807) is 0 Å². The lowest BCUT2D eigenvalue weighted by molar-refractivity contribution is 0.215. The van der Waals surface area contributed by atoms with Gasteiger partial charge in [0.1, 0.15) is 0 Å². The van der Waals surface area contributed by atoms with Crippen molar-refractivity contribution in [3.05, 3.63) is 0 Å². The zero-order chi connectivity index (χ0) is 13.1. The number of hydrogen-bond acceptors (Lipinski definition) is 2. The molecule has 0 spiro atoms. The molecule has 1 N–H and O–H groups in total. The first-order chi connectivity index (χ1) is 8.17. The first kappa shape index (κ1) is 16.9. The van der Waals surface area contributed by atoms with Crippen LogP contribution in [0.1, 0.15) is 60.3 Å². The summed E-state index contributed by atoms with van der Waals surface area (Å²) in [6, 6.07) is 0.684. The summed E-state index contributed by atoms with van der Waals surface area (Å²) in [7, 11) is 0. The highest BCUT2D eigenvalue weighted by molar-refractivity contribution is 4.72. The standard InChI is InChI=1S/C15H34N2/c1-6-10-15(16-11-7-2)13-17(9-4)12-14(5)8-3/h14-16H,6-13H2,1-5H3. The normalized spacial score (nSPS) is 15.2. The van der Waals surface area contributed by atoms with E-state index in [1.807, 2.05) is 0 Å². The maximum atomic E-state index is 3.68. The first-order valence-corrected chi connectivity index (χ1v) is 7.63. The summed E-state index contributed by atoms with van der Waals surface area (Å²) >= 11 is 0. The number of rotatable bonds is 11. The van der Waals surface area contributed by atoms with E-state index in [-0.39, 0.29) is 0 Å². The van der Waals surface area contributed by atoms with Crippen molar-refractivity contribution in [1.29, 1.82) is 0 Å². The molecule has 0 rings (SSSR count). The Hall–Kier alpha value is -0.0800. The first-order valence-electron chi connectivity index (χ1n) is 7.63. The lowest BCUT2D eigenvalue weighted by Gasteiger charge is -2.29. The largest absolute Gasteiger partial charge is 0.313 e. The second-order valence-electron chi connectivity index (χ2n) is 5.31. The third-order valence-corrected chi connectivity index (χ3v) is 3.51. The Bertz CT molecular complexity index is 159. The smallest absolute Gasteiger partial charge is 0.0194 e. The van der Waals surface area contributed by atoms with Gasteiger partial charge in [0.25, 0.3) is 0 Å². The molecule has 0 aromatic heterocycles. The molecule has 0 heterocycles. The molecule has 2 heteroatoms. The van der Waals surface area contributed by atoms with Crippen LogP contribution in [0.25, 0.3) is 0 Å². The van der Waals surface area contributed by atoms with E-state index in [2.05, 4.69) is 44.8 Å². The maximum Gasteiger partial charge on any atom is 0.0194 e. The molecule has 0 amide bonds. The summed E-state index contributed by atoms with van der Waals surface area (Å²) in [5, 5.41) is 3.68. The number of likely N-dealkylation sites (N-methyl/N-ethyl adjacent to an activating group) is 1. The van der Waals surface area contributed by atoms with Gasteiger partial charge in [-0.25, -0.2) is 0 Å². The molecule has 2 nitrogen and oxygen atoms in total. The molecular formula is C15H34N2. The van der Waals surface area contributed by atoms with Gasteiger partial charge in [-0.2, -0.15) is 0 Å². The molecule has 17 heavy (non-hydrogen) atoms. The summed E-state index contributed by atoms with van der Waals surface area (Å²) in [6.45, 7) is 16.3. The Balaban J connectivity index is 4.07. The number of hydrogen-bond donors (Lipinski definition) is 1. The van der Waals surface area contributed by atoms with E-state index in [4.69, 9.17) is 0 Å². The fourth-order valence-electron chi connectivity index (χ4n) is 2.17. The highest BCUT2D eigenvalue weighted by Gasteiger charge is 2.13. The Morgan fingerprint density at radius 1 is 1.00 bits per heavy atom. The highest BCUT2D eigenvalue weighted by atomic mass is 15.1. The molecule has 2 unspecified atom stereocenters. The molecule has 0 aliphatic carbocycles. The highest BCUT2D eigenvalue weighted by Crippen LogP contribution is 2.07. The van der Waals surface area contributed by atoms with Gasteiger partial charge < -0.3 is 10.2 Å². The molecule has 0 bridgehead atoms. The summed E-state index contributed by atoms with van der Waals surface area (Å²) in [6.07, 6.45) is 5.11. The van der Waals surface area contributed by atoms with E-state index in [9.17, 15) is 0 Å². The Labute approximate surface area is 109 Å². The predicted octanol–water partition coefficient (Wildman–Crippen LogP) is 3.52. The van der Waals surface area contributed by atoms with Gasteiger partial charge in [-0.15, -0.1) is 0 Å². The third kappa shape index (κ3) is 8.62. The van der Waals surface area contributed by atoms with E-state index in [0.29, 0.717) is 6.04 Å².